The molecule has 1 aromatic carbocycles. The average Bonchev–Trinajstić information content (AvgIpc) is 3.36. The fourth-order valence-corrected chi connectivity index (χ4v) is 5.07. The first-order valence-corrected chi connectivity index (χ1v) is 11.9. The predicted octanol–water partition coefficient (Wildman–Crippen LogP) is 2.58. The molecular formula is C22H22FN7O3S. The Kier molecular flexibility index (Phi) is 5.68. The second-order valence-electron chi connectivity index (χ2n) is 8.61. The Labute approximate surface area is 198 Å². The third-order valence-electron chi connectivity index (χ3n) is 6.27. The van der Waals surface area contributed by atoms with E-state index in [-0.39, 0.29) is 11.6 Å². The highest BCUT2D eigenvalue weighted by Crippen LogP contribution is 2.36. The van der Waals surface area contributed by atoms with Gasteiger partial charge in [0, 0.05) is 0 Å². The fourth-order valence-electron chi connectivity index (χ4n) is 4.32. The molecule has 0 radical (unpaired) electrons. The van der Waals surface area contributed by atoms with Gasteiger partial charge in [-0.3, -0.25) is 15.0 Å². The molecule has 1 saturated carbocycles. The first kappa shape index (κ1) is 22.3. The average molecular weight is 484 g/mol. The number of hydrazine groups is 1. The van der Waals surface area contributed by atoms with E-state index in [1.54, 1.807) is 23.0 Å². The lowest BCUT2D eigenvalue weighted by Gasteiger charge is -2.33. The zero-order valence-corrected chi connectivity index (χ0v) is 19.1. The first-order valence-electron chi connectivity index (χ1n) is 10.9. The molecule has 1 aliphatic carbocycles. The number of amides is 4. The minimum atomic E-state index is -0.919. The number of nitrogens with zero attached hydrogens (tertiary/aromatic N) is 5. The summed E-state index contributed by atoms with van der Waals surface area (Å²) in [5.74, 6) is -0.839. The second-order valence-corrected chi connectivity index (χ2v) is 9.57. The molecule has 2 aromatic heterocycles. The highest BCUT2D eigenvalue weighted by molar-refractivity contribution is 8.00. The minimum Gasteiger partial charge on any atom is -0.322 e. The van der Waals surface area contributed by atoms with Gasteiger partial charge in [-0.2, -0.15) is 10.1 Å². The largest absolute Gasteiger partial charge is 0.344 e. The van der Waals surface area contributed by atoms with Crippen LogP contribution in [0.25, 0.3) is 16.7 Å². The molecule has 4 amide bonds. The van der Waals surface area contributed by atoms with Crippen LogP contribution >= 0.6 is 11.8 Å². The van der Waals surface area contributed by atoms with E-state index in [4.69, 9.17) is 0 Å². The second kappa shape index (κ2) is 8.67. The number of carbonyl (C=O) groups is 3. The normalized spacial score (nSPS) is 22.4. The maximum absolute atomic E-state index is 13.3. The molecule has 12 heteroatoms. The number of aromatic nitrogens is 4. The number of hydrogen-bond acceptors (Lipinski definition) is 7. The van der Waals surface area contributed by atoms with Crippen molar-refractivity contribution in [2.24, 2.45) is 5.92 Å². The smallest absolute Gasteiger partial charge is 0.322 e. The van der Waals surface area contributed by atoms with Crippen molar-refractivity contribution in [3.63, 3.8) is 0 Å². The van der Waals surface area contributed by atoms with Gasteiger partial charge in [-0.15, -0.1) is 0 Å². The van der Waals surface area contributed by atoms with Gasteiger partial charge in [0.25, 0.3) is 5.91 Å². The zero-order chi connectivity index (χ0) is 23.9. The molecule has 5 rings (SSSR count). The van der Waals surface area contributed by atoms with Gasteiger partial charge >= 0.3 is 6.03 Å². The summed E-state index contributed by atoms with van der Waals surface area (Å²) in [5, 5.41) is 9.02. The highest BCUT2D eigenvalue weighted by Gasteiger charge is 2.52. The summed E-state index contributed by atoms with van der Waals surface area (Å²) in [6.07, 6.45) is 5.76. The van der Waals surface area contributed by atoms with Crippen LogP contribution in [0.2, 0.25) is 0 Å². The number of thioether (sulfide) groups is 1. The summed E-state index contributed by atoms with van der Waals surface area (Å²) in [7, 11) is 0. The fraction of sp³-hybridized carbons (Fsp3) is 0.364. The molecule has 1 spiro atoms. The Morgan fingerprint density at radius 2 is 1.97 bits per heavy atom. The summed E-state index contributed by atoms with van der Waals surface area (Å²) in [5.41, 5.74) is 2.65. The number of hydrogen-bond donors (Lipinski definition) is 2. The van der Waals surface area contributed by atoms with Crippen molar-refractivity contribution in [3.05, 3.63) is 42.6 Å². The number of rotatable bonds is 5. The molecule has 2 aliphatic rings. The number of imide groups is 1. The number of fused-ring (bicyclic) bond motifs is 1. The third kappa shape index (κ3) is 3.98. The van der Waals surface area contributed by atoms with Crippen molar-refractivity contribution in [1.82, 2.24) is 35.5 Å². The van der Waals surface area contributed by atoms with Gasteiger partial charge in [-0.05, 0) is 55.9 Å². The first-order chi connectivity index (χ1) is 16.4. The van der Waals surface area contributed by atoms with Crippen LogP contribution in [0.3, 0.4) is 0 Å². The number of carbonyl (C=O) groups excluding carboxylic acids is 3. The van der Waals surface area contributed by atoms with E-state index in [9.17, 15) is 18.8 Å². The van der Waals surface area contributed by atoms with E-state index in [0.717, 1.165) is 29.6 Å². The van der Waals surface area contributed by atoms with Crippen LogP contribution < -0.4 is 10.7 Å². The summed E-state index contributed by atoms with van der Waals surface area (Å²) >= 11 is 1.14. The van der Waals surface area contributed by atoms with Gasteiger partial charge in [0.2, 0.25) is 5.91 Å². The van der Waals surface area contributed by atoms with Crippen LogP contribution in [-0.4, -0.2) is 53.9 Å². The molecule has 2 fully saturated rings. The molecule has 2 N–H and O–H groups in total. The van der Waals surface area contributed by atoms with Crippen molar-refractivity contribution < 1.29 is 18.8 Å². The number of nitrogens with one attached hydrogen (secondary N) is 2. The van der Waals surface area contributed by atoms with E-state index in [0.29, 0.717) is 40.5 Å². The lowest BCUT2D eigenvalue weighted by Crippen LogP contribution is -2.51. The molecular weight excluding hydrogens is 461 g/mol. The molecule has 0 bridgehead atoms. The monoisotopic (exact) mass is 483 g/mol. The standard InChI is InChI=1S/C22H22FN7O3S/c1-13-6-8-22(9-7-13)20(32)30(21(33)27-22)28-17(31)11-34-19-16-10-26-29(18(16)24-12-25-19)15-4-2-14(23)3-5-15/h2-5,10,12-13H,6-9,11H2,1H3,(H,27,33)(H,28,31). The maximum atomic E-state index is 13.3. The van der Waals surface area contributed by atoms with Gasteiger partial charge in [-0.25, -0.2) is 23.8 Å². The van der Waals surface area contributed by atoms with Gasteiger partial charge in [0.15, 0.2) is 5.65 Å². The maximum Gasteiger partial charge on any atom is 0.344 e. The lowest BCUT2D eigenvalue weighted by molar-refractivity contribution is -0.139. The van der Waals surface area contributed by atoms with Gasteiger partial charge < -0.3 is 5.32 Å². The van der Waals surface area contributed by atoms with Crippen LogP contribution in [0.1, 0.15) is 32.6 Å². The van der Waals surface area contributed by atoms with Crippen LogP contribution in [0.15, 0.2) is 41.8 Å². The summed E-state index contributed by atoms with van der Waals surface area (Å²) < 4.78 is 14.8. The number of benzene rings is 1. The van der Waals surface area contributed by atoms with Crippen molar-refractivity contribution in [2.75, 3.05) is 5.75 Å². The zero-order valence-electron chi connectivity index (χ0n) is 18.3. The quantitative estimate of drug-likeness (QED) is 0.325. The van der Waals surface area contributed by atoms with E-state index in [1.807, 2.05) is 0 Å². The van der Waals surface area contributed by atoms with Crippen LogP contribution in [-0.2, 0) is 9.59 Å². The number of urea groups is 1. The molecule has 0 atom stereocenters. The Morgan fingerprint density at radius 3 is 2.71 bits per heavy atom. The van der Waals surface area contributed by atoms with Crippen molar-refractivity contribution in [1.29, 1.82) is 0 Å². The minimum absolute atomic E-state index is 0.0745. The molecule has 0 unspecified atom stereocenters. The molecule has 176 valence electrons. The summed E-state index contributed by atoms with van der Waals surface area (Å²) in [4.78, 5) is 46.4. The van der Waals surface area contributed by atoms with Crippen molar-refractivity contribution >= 4 is 40.6 Å². The topological polar surface area (TPSA) is 122 Å². The van der Waals surface area contributed by atoms with Crippen LogP contribution in [0, 0.1) is 11.7 Å². The Hall–Kier alpha value is -3.54. The van der Waals surface area contributed by atoms with Gasteiger partial charge in [-0.1, -0.05) is 18.7 Å². The molecule has 1 saturated heterocycles. The third-order valence-corrected chi connectivity index (χ3v) is 7.27. The molecule has 3 heterocycles. The lowest BCUT2D eigenvalue weighted by atomic mass is 9.77. The van der Waals surface area contributed by atoms with Crippen molar-refractivity contribution in [2.45, 2.75) is 43.2 Å². The molecule has 10 nitrogen and oxygen atoms in total. The van der Waals surface area contributed by atoms with E-state index < -0.39 is 23.4 Å². The summed E-state index contributed by atoms with van der Waals surface area (Å²) in [6.45, 7) is 2.12. The van der Waals surface area contributed by atoms with E-state index >= 15 is 0 Å². The Morgan fingerprint density at radius 1 is 1.24 bits per heavy atom. The van der Waals surface area contributed by atoms with E-state index in [2.05, 4.69) is 32.7 Å². The SMILES string of the molecule is CC1CCC2(CC1)NC(=O)N(NC(=O)CSc1ncnc3c1cnn3-c1ccc(F)cc1)C2=O. The van der Waals surface area contributed by atoms with Crippen LogP contribution in [0.5, 0.6) is 0 Å². The molecule has 34 heavy (non-hydrogen) atoms. The Bertz CT molecular complexity index is 1270. The molecule has 1 aliphatic heterocycles. The predicted molar refractivity (Wildman–Crippen MR) is 121 cm³/mol. The summed E-state index contributed by atoms with van der Waals surface area (Å²) in [6, 6.07) is 5.22. The van der Waals surface area contributed by atoms with Gasteiger partial charge in [0.05, 0.1) is 23.0 Å². The van der Waals surface area contributed by atoms with Crippen molar-refractivity contribution in [3.8, 4) is 5.69 Å². The molecule has 3 aromatic rings. The Balaban J connectivity index is 1.26. The van der Waals surface area contributed by atoms with Crippen LogP contribution in [0.4, 0.5) is 9.18 Å². The van der Waals surface area contributed by atoms with E-state index in [1.165, 1.54) is 18.5 Å². The highest BCUT2D eigenvalue weighted by atomic mass is 32.2. The van der Waals surface area contributed by atoms with Gasteiger partial charge in [0.1, 0.15) is 22.7 Å². The number of halogens is 1.